The molecule has 0 atom stereocenters. The number of aromatic nitrogens is 4. The molecule has 0 aliphatic heterocycles. The number of amides is 1. The number of carbonyl (C=O) groups is 1. The molecule has 9 heteroatoms. The molecule has 0 bridgehead atoms. The highest BCUT2D eigenvalue weighted by Gasteiger charge is 2.11. The summed E-state index contributed by atoms with van der Waals surface area (Å²) in [7, 11) is 3.16. The molecule has 2 aromatic heterocycles. The van der Waals surface area contributed by atoms with Crippen molar-refractivity contribution >= 4 is 39.7 Å². The van der Waals surface area contributed by atoms with Gasteiger partial charge in [0, 0.05) is 17.4 Å². The van der Waals surface area contributed by atoms with E-state index >= 15 is 0 Å². The number of ether oxygens (including phenoxy) is 2. The maximum Gasteiger partial charge on any atom is 0.230 e. The highest BCUT2D eigenvalue weighted by atomic mass is 32.2. The van der Waals surface area contributed by atoms with Crippen molar-refractivity contribution in [3.05, 3.63) is 48.0 Å². The maximum absolute atomic E-state index is 12.2. The first kappa shape index (κ1) is 19.0. The molecular weight excluding hydrogens is 390 g/mol. The summed E-state index contributed by atoms with van der Waals surface area (Å²) >= 11 is 1.24. The lowest BCUT2D eigenvalue weighted by Gasteiger charge is -2.10. The summed E-state index contributed by atoms with van der Waals surface area (Å²) in [6.07, 6.45) is 0. The number of para-hydroxylation sites is 1. The topological polar surface area (TPSA) is 102 Å². The molecule has 0 radical (unpaired) electrons. The Balaban J connectivity index is 1.36. The van der Waals surface area contributed by atoms with Gasteiger partial charge in [-0.3, -0.25) is 4.79 Å². The van der Waals surface area contributed by atoms with Crippen LogP contribution in [0.15, 0.2) is 47.6 Å². The van der Waals surface area contributed by atoms with Crippen molar-refractivity contribution in [3.8, 4) is 11.5 Å². The molecule has 0 aliphatic carbocycles. The van der Waals surface area contributed by atoms with Gasteiger partial charge in [-0.25, -0.2) is 4.98 Å². The zero-order valence-corrected chi connectivity index (χ0v) is 16.7. The number of hydrogen-bond acceptors (Lipinski definition) is 7. The van der Waals surface area contributed by atoms with Gasteiger partial charge in [0.2, 0.25) is 11.1 Å². The lowest BCUT2D eigenvalue weighted by atomic mass is 10.2. The van der Waals surface area contributed by atoms with Crippen molar-refractivity contribution in [2.24, 2.45) is 0 Å². The number of nitrogens with one attached hydrogen (secondary N) is 2. The summed E-state index contributed by atoms with van der Waals surface area (Å²) in [4.78, 5) is 19.9. The number of thioether (sulfide) groups is 1. The standard InChI is InChI=1S/C20H19N5O3S/c1-27-15-8-7-12(9-16(15)28-2)10-21-17(26)11-29-20-23-19-18(24-25-20)13-5-3-4-6-14(13)22-19/h3-9H,10-11H2,1-2H3,(H,21,26)(H,22,23,25). The van der Waals surface area contributed by atoms with Crippen molar-refractivity contribution in [2.75, 3.05) is 20.0 Å². The zero-order valence-electron chi connectivity index (χ0n) is 15.9. The van der Waals surface area contributed by atoms with E-state index in [1.54, 1.807) is 14.2 Å². The number of methoxy groups -OCH3 is 2. The highest BCUT2D eigenvalue weighted by Crippen LogP contribution is 2.27. The van der Waals surface area contributed by atoms with Crippen LogP contribution < -0.4 is 14.8 Å². The van der Waals surface area contributed by atoms with E-state index in [1.807, 2.05) is 42.5 Å². The Morgan fingerprint density at radius 3 is 2.76 bits per heavy atom. The third-order valence-corrected chi connectivity index (χ3v) is 5.21. The number of hydrogen-bond donors (Lipinski definition) is 2. The summed E-state index contributed by atoms with van der Waals surface area (Å²) < 4.78 is 10.5. The average molecular weight is 409 g/mol. The zero-order chi connectivity index (χ0) is 20.2. The summed E-state index contributed by atoms with van der Waals surface area (Å²) in [5, 5.41) is 12.7. The second kappa shape index (κ2) is 8.36. The van der Waals surface area contributed by atoms with Crippen molar-refractivity contribution in [3.63, 3.8) is 0 Å². The monoisotopic (exact) mass is 409 g/mol. The van der Waals surface area contributed by atoms with Crippen LogP contribution in [-0.4, -0.2) is 46.0 Å². The van der Waals surface area contributed by atoms with Gasteiger partial charge in [0.1, 0.15) is 5.52 Å². The molecule has 0 aliphatic rings. The quantitative estimate of drug-likeness (QED) is 0.453. The van der Waals surface area contributed by atoms with E-state index in [-0.39, 0.29) is 11.7 Å². The molecule has 0 spiro atoms. The van der Waals surface area contributed by atoms with E-state index in [0.29, 0.717) is 28.8 Å². The predicted octanol–water partition coefficient (Wildman–Crippen LogP) is 2.93. The Labute approximate surface area is 171 Å². The minimum Gasteiger partial charge on any atom is -0.493 e. The number of H-pyrrole nitrogens is 1. The molecule has 1 amide bonds. The number of carbonyl (C=O) groups excluding carboxylic acids is 1. The van der Waals surface area contributed by atoms with Gasteiger partial charge in [0.25, 0.3) is 0 Å². The van der Waals surface area contributed by atoms with Gasteiger partial charge in [-0.2, -0.15) is 0 Å². The Morgan fingerprint density at radius 2 is 1.93 bits per heavy atom. The van der Waals surface area contributed by atoms with Crippen molar-refractivity contribution in [1.82, 2.24) is 25.5 Å². The first-order valence-corrected chi connectivity index (χ1v) is 9.88. The first-order valence-electron chi connectivity index (χ1n) is 8.89. The maximum atomic E-state index is 12.2. The summed E-state index contributed by atoms with van der Waals surface area (Å²) in [5.74, 6) is 1.35. The number of benzene rings is 2. The number of fused-ring (bicyclic) bond motifs is 3. The molecular formula is C20H19N5O3S. The van der Waals surface area contributed by atoms with Crippen molar-refractivity contribution in [2.45, 2.75) is 11.7 Å². The minimum absolute atomic E-state index is 0.120. The lowest BCUT2D eigenvalue weighted by Crippen LogP contribution is -2.24. The molecule has 8 nitrogen and oxygen atoms in total. The largest absolute Gasteiger partial charge is 0.493 e. The van der Waals surface area contributed by atoms with Crippen LogP contribution in [0, 0.1) is 0 Å². The fourth-order valence-electron chi connectivity index (χ4n) is 2.94. The minimum atomic E-state index is -0.120. The second-order valence-electron chi connectivity index (χ2n) is 6.22. The molecule has 148 valence electrons. The van der Waals surface area contributed by atoms with Gasteiger partial charge in [-0.05, 0) is 23.8 Å². The Morgan fingerprint density at radius 1 is 1.10 bits per heavy atom. The van der Waals surface area contributed by atoms with E-state index in [1.165, 1.54) is 11.8 Å². The van der Waals surface area contributed by atoms with Crippen LogP contribution >= 0.6 is 11.8 Å². The Kier molecular flexibility index (Phi) is 5.48. The van der Waals surface area contributed by atoms with Crippen LogP contribution in [0.2, 0.25) is 0 Å². The average Bonchev–Trinajstić information content (AvgIpc) is 3.13. The number of rotatable bonds is 7. The summed E-state index contributed by atoms with van der Waals surface area (Å²) in [5.41, 5.74) is 3.26. The Hall–Kier alpha value is -3.33. The van der Waals surface area contributed by atoms with Gasteiger partial charge in [-0.1, -0.05) is 36.0 Å². The molecule has 4 aromatic rings. The van der Waals surface area contributed by atoms with E-state index in [2.05, 4.69) is 25.5 Å². The van der Waals surface area contributed by atoms with Crippen molar-refractivity contribution < 1.29 is 14.3 Å². The molecule has 0 saturated carbocycles. The summed E-state index contributed by atoms with van der Waals surface area (Å²) in [6, 6.07) is 13.4. The third-order valence-electron chi connectivity index (χ3n) is 4.37. The normalized spacial score (nSPS) is 11.0. The molecule has 0 fully saturated rings. The van der Waals surface area contributed by atoms with Crippen LogP contribution in [0.1, 0.15) is 5.56 Å². The fourth-order valence-corrected chi connectivity index (χ4v) is 3.56. The van der Waals surface area contributed by atoms with Crippen LogP contribution in [0.3, 0.4) is 0 Å². The van der Waals surface area contributed by atoms with Gasteiger partial charge in [0.15, 0.2) is 17.1 Å². The Bertz CT molecular complexity index is 1180. The molecule has 0 unspecified atom stereocenters. The van der Waals surface area contributed by atoms with E-state index in [4.69, 9.17) is 9.47 Å². The molecule has 2 N–H and O–H groups in total. The van der Waals surface area contributed by atoms with E-state index in [0.717, 1.165) is 22.0 Å². The van der Waals surface area contributed by atoms with Crippen LogP contribution in [-0.2, 0) is 11.3 Å². The van der Waals surface area contributed by atoms with Gasteiger partial charge in [-0.15, -0.1) is 10.2 Å². The van der Waals surface area contributed by atoms with Gasteiger partial charge >= 0.3 is 0 Å². The molecule has 0 saturated heterocycles. The summed E-state index contributed by atoms with van der Waals surface area (Å²) in [6.45, 7) is 0.389. The van der Waals surface area contributed by atoms with Gasteiger partial charge in [0.05, 0.1) is 20.0 Å². The first-order chi connectivity index (χ1) is 14.2. The highest BCUT2D eigenvalue weighted by molar-refractivity contribution is 7.99. The number of aromatic amines is 1. The molecule has 2 heterocycles. The van der Waals surface area contributed by atoms with Crippen LogP contribution in [0.4, 0.5) is 0 Å². The fraction of sp³-hybridized carbons (Fsp3) is 0.200. The van der Waals surface area contributed by atoms with E-state index in [9.17, 15) is 4.79 Å². The lowest BCUT2D eigenvalue weighted by molar-refractivity contribution is -0.118. The predicted molar refractivity (Wildman–Crippen MR) is 111 cm³/mol. The van der Waals surface area contributed by atoms with Gasteiger partial charge < -0.3 is 19.8 Å². The van der Waals surface area contributed by atoms with Crippen LogP contribution in [0.25, 0.3) is 22.1 Å². The molecule has 2 aromatic carbocycles. The smallest absolute Gasteiger partial charge is 0.230 e. The van der Waals surface area contributed by atoms with Crippen LogP contribution in [0.5, 0.6) is 11.5 Å². The van der Waals surface area contributed by atoms with Crippen molar-refractivity contribution in [1.29, 1.82) is 0 Å². The number of nitrogens with zero attached hydrogens (tertiary/aromatic N) is 3. The second-order valence-corrected chi connectivity index (χ2v) is 7.16. The molecule has 29 heavy (non-hydrogen) atoms. The molecule has 4 rings (SSSR count). The third kappa shape index (κ3) is 4.09. The SMILES string of the molecule is COc1ccc(CNC(=O)CSc2nnc3c(n2)[nH]c2ccccc23)cc1OC. The van der Waals surface area contributed by atoms with E-state index < -0.39 is 0 Å².